The van der Waals surface area contributed by atoms with Crippen molar-refractivity contribution in [2.24, 2.45) is 5.73 Å². The van der Waals surface area contributed by atoms with Gasteiger partial charge in [0.15, 0.2) is 6.19 Å². The van der Waals surface area contributed by atoms with E-state index in [9.17, 15) is 0 Å². The summed E-state index contributed by atoms with van der Waals surface area (Å²) in [6.07, 6.45) is 1.25. The van der Waals surface area contributed by atoms with E-state index in [2.05, 4.69) is 55.4 Å². The molecular weight excluding hydrogens is 271 g/mol. The molecule has 0 heterocycles. The van der Waals surface area contributed by atoms with Crippen LogP contribution in [0, 0.1) is 11.5 Å². The summed E-state index contributed by atoms with van der Waals surface area (Å²) in [5.74, 6) is 0. The van der Waals surface area contributed by atoms with Gasteiger partial charge in [-0.25, -0.2) is 0 Å². The van der Waals surface area contributed by atoms with Gasteiger partial charge in [-0.1, -0.05) is 0 Å². The average molecular weight is 275 g/mol. The van der Waals surface area contributed by atoms with Crippen LogP contribution in [0.15, 0.2) is 0 Å². The van der Waals surface area contributed by atoms with Crippen LogP contribution in [0.2, 0.25) is 0 Å². The van der Waals surface area contributed by atoms with Crippen LogP contribution in [-0.2, 0) is 25.3 Å². The summed E-state index contributed by atoms with van der Waals surface area (Å²) in [7, 11) is 0. The molecule has 0 saturated heterocycles. The van der Waals surface area contributed by atoms with Crippen molar-refractivity contribution in [3.8, 4) is 6.19 Å². The van der Waals surface area contributed by atoms with E-state index in [1.54, 1.807) is 0 Å². The maximum atomic E-state index is 7.10. The quantitative estimate of drug-likeness (QED) is 0.156. The number of hydrogen-bond donors (Lipinski definition) is 1. The Morgan fingerprint density at radius 1 is 1.18 bits per heavy atom. The third-order valence-corrected chi connectivity index (χ3v) is 0. The minimum absolute atomic E-state index is 0. The van der Waals surface area contributed by atoms with E-state index in [0.29, 0.717) is 0 Å². The third-order valence-electron chi connectivity index (χ3n) is 0. The van der Waals surface area contributed by atoms with Crippen molar-refractivity contribution in [2.75, 3.05) is 0 Å². The molecule has 0 aliphatic rings. The zero-order valence-corrected chi connectivity index (χ0v) is 15.8. The zero-order valence-electron chi connectivity index (χ0n) is 6.31. The monoisotopic (exact) mass is 274 g/mol. The third kappa shape index (κ3) is 163. The number of nitrogens with zero attached hydrogens (tertiary/aromatic N) is 1. The van der Waals surface area contributed by atoms with Crippen molar-refractivity contribution in [1.82, 2.24) is 0 Å². The maximum Gasteiger partial charge on any atom is 1.00 e. The molecule has 11 heavy (non-hydrogen) atoms. The van der Waals surface area contributed by atoms with Crippen molar-refractivity contribution < 1.29 is 103 Å². The molecule has 0 atom stereocenters. The fraction of sp³-hybridized carbons (Fsp3) is 0. The summed E-state index contributed by atoms with van der Waals surface area (Å²) in [6, 6.07) is 0. The van der Waals surface area contributed by atoms with E-state index in [1.165, 1.54) is 15.6 Å². The van der Waals surface area contributed by atoms with Crippen molar-refractivity contribution in [1.29, 1.82) is 5.26 Å². The Morgan fingerprint density at radius 2 is 1.18 bits per heavy atom. The van der Waals surface area contributed by atoms with Gasteiger partial charge in [0.25, 0.3) is 0 Å². The predicted octanol–water partition coefficient (Wildman–Crippen LogP) is -5.58. The summed E-state index contributed by atoms with van der Waals surface area (Å²) in [6.45, 7) is 0. The second-order valence-corrected chi connectivity index (χ2v) is 1.86. The summed E-state index contributed by atoms with van der Waals surface area (Å²) >= 11 is 16.3. The molecule has 0 spiro atoms. The predicted molar refractivity (Wildman–Crippen MR) is 51.8 cm³/mol. The van der Waals surface area contributed by atoms with Gasteiger partial charge in [0.05, 0.1) is 0 Å². The number of nitrogens with two attached hydrogens (primary N) is 1. The molecule has 0 fully saturated rings. The second kappa shape index (κ2) is 51.2. The van der Waals surface area contributed by atoms with Crippen LogP contribution in [0.4, 0.5) is 0 Å². The molecule has 0 aliphatic carbocycles. The molecular formula is C3H4K2N2S4. The van der Waals surface area contributed by atoms with E-state index in [4.69, 9.17) is 5.26 Å². The van der Waals surface area contributed by atoms with E-state index in [1.807, 2.05) is 0 Å². The zero-order chi connectivity index (χ0) is 8.12. The molecule has 8 heteroatoms. The first kappa shape index (κ1) is 29.2. The van der Waals surface area contributed by atoms with Crippen LogP contribution < -0.4 is 109 Å². The van der Waals surface area contributed by atoms with Gasteiger partial charge < -0.3 is 55.4 Å². The Bertz CT molecular complexity index is 87.8. The van der Waals surface area contributed by atoms with Crippen molar-refractivity contribution >= 4 is 59.1 Å². The van der Waals surface area contributed by atoms with E-state index >= 15 is 0 Å². The summed E-state index contributed by atoms with van der Waals surface area (Å²) in [5.41, 5.74) is 4.15. The van der Waals surface area contributed by atoms with E-state index < -0.39 is 0 Å². The minimum atomic E-state index is 0. The average Bonchev–Trinajstić information content (AvgIpc) is 1.70. The standard InChI is InChI=1S/CH2N2.2CH2S2.2K/c3*2-1-3;;/h2H2;2*1H,(H,2,3);;/q;;;2*+1/p-2. The van der Waals surface area contributed by atoms with Crippen LogP contribution in [0.25, 0.3) is 0 Å². The summed E-state index contributed by atoms with van der Waals surface area (Å²) in [4.78, 5) is 0. The molecule has 0 aromatic rings. The molecule has 2 N–H and O–H groups in total. The molecule has 0 amide bonds. The number of hydrogen-bond acceptors (Lipinski definition) is 6. The topological polar surface area (TPSA) is 49.8 Å². The van der Waals surface area contributed by atoms with E-state index in [-0.39, 0.29) is 103 Å². The molecule has 0 aliphatic heterocycles. The van der Waals surface area contributed by atoms with Crippen LogP contribution in [-0.4, -0.2) is 9.40 Å². The summed E-state index contributed by atoms with van der Waals surface area (Å²) < 4.78 is 2.33. The van der Waals surface area contributed by atoms with Crippen molar-refractivity contribution in [3.63, 3.8) is 0 Å². The Labute approximate surface area is 174 Å². The van der Waals surface area contributed by atoms with Gasteiger partial charge in [-0.05, 0) is 0 Å². The second-order valence-electron chi connectivity index (χ2n) is 0.322. The van der Waals surface area contributed by atoms with Gasteiger partial charge >= 0.3 is 103 Å². The molecule has 0 saturated carbocycles. The Kier molecular flexibility index (Phi) is 136. The first-order valence-corrected chi connectivity index (χ1v) is 3.34. The number of thiocarbonyl (C=S) groups is 2. The van der Waals surface area contributed by atoms with Gasteiger partial charge in [-0.2, -0.15) is 14.7 Å². The van der Waals surface area contributed by atoms with Gasteiger partial charge in [-0.3, -0.25) is 0 Å². The van der Waals surface area contributed by atoms with Crippen LogP contribution >= 0.6 is 24.4 Å². The molecule has 0 rings (SSSR count). The maximum absolute atomic E-state index is 7.10. The summed E-state index contributed by atoms with van der Waals surface area (Å²) in [5, 5.41) is 7.10. The van der Waals surface area contributed by atoms with Gasteiger partial charge in [0.2, 0.25) is 0 Å². The molecule has 2 nitrogen and oxygen atoms in total. The Hall–Kier alpha value is 3.18. The molecule has 0 aromatic heterocycles. The van der Waals surface area contributed by atoms with Crippen LogP contribution in [0.5, 0.6) is 0 Å². The smallest absolute Gasteiger partial charge is 0.436 e. The van der Waals surface area contributed by atoms with E-state index in [0.717, 1.165) is 0 Å². The van der Waals surface area contributed by atoms with Crippen LogP contribution in [0.3, 0.4) is 0 Å². The number of nitriles is 1. The Balaban J connectivity index is -0.0000000150. The molecule has 52 valence electrons. The van der Waals surface area contributed by atoms with Gasteiger partial charge in [-0.15, -0.1) is 0 Å². The minimum Gasteiger partial charge on any atom is -0.436 e. The first-order chi connectivity index (χ1) is 4.24. The largest absolute Gasteiger partial charge is 1.00 e. The van der Waals surface area contributed by atoms with Crippen molar-refractivity contribution in [2.45, 2.75) is 0 Å². The molecule has 0 radical (unpaired) electrons. The normalized spacial score (nSPS) is 2.82. The number of rotatable bonds is 0. The fourth-order valence-electron chi connectivity index (χ4n) is 0. The van der Waals surface area contributed by atoms with Gasteiger partial charge in [0, 0.05) is 0 Å². The molecule has 0 aromatic carbocycles. The van der Waals surface area contributed by atoms with Gasteiger partial charge in [0.1, 0.15) is 0 Å². The molecule has 0 bridgehead atoms. The van der Waals surface area contributed by atoms with Crippen LogP contribution in [0.1, 0.15) is 0 Å². The Morgan fingerprint density at radius 3 is 1.18 bits per heavy atom. The first-order valence-electron chi connectivity index (χ1n) is 1.46. The molecule has 0 unspecified atom stereocenters. The SMILES string of the molecule is N#CN.S=C[S-].S=C[S-].[K+].[K+]. The fourth-order valence-corrected chi connectivity index (χ4v) is 0. The van der Waals surface area contributed by atoms with Crippen molar-refractivity contribution in [3.05, 3.63) is 0 Å².